The van der Waals surface area contributed by atoms with Gasteiger partial charge < -0.3 is 5.32 Å². The highest BCUT2D eigenvalue weighted by atomic mass is 79.9. The Balaban J connectivity index is 2.39. The van der Waals surface area contributed by atoms with Crippen LogP contribution in [-0.2, 0) is 6.42 Å². The van der Waals surface area contributed by atoms with Gasteiger partial charge in [-0.3, -0.25) is 0 Å². The summed E-state index contributed by atoms with van der Waals surface area (Å²) in [6.07, 6.45) is 0.262. The molecule has 0 aliphatic carbocycles. The zero-order chi connectivity index (χ0) is 14.7. The van der Waals surface area contributed by atoms with Crippen molar-refractivity contribution >= 4 is 33.3 Å². The predicted octanol–water partition coefficient (Wildman–Crippen LogP) is 4.36. The van der Waals surface area contributed by atoms with Gasteiger partial charge in [-0.05, 0) is 41.9 Å². The van der Waals surface area contributed by atoms with Crippen LogP contribution in [0.2, 0.25) is 5.02 Å². The Hall–Kier alpha value is -1.20. The number of hydrogen-bond acceptors (Lipinski definition) is 3. The van der Waals surface area contributed by atoms with Crippen LogP contribution in [0.3, 0.4) is 0 Å². The number of aryl methyl sites for hydroxylation is 1. The molecule has 3 nitrogen and oxygen atoms in total. The van der Waals surface area contributed by atoms with Crippen molar-refractivity contribution in [3.05, 3.63) is 50.6 Å². The Morgan fingerprint density at radius 2 is 2.10 bits per heavy atom. The second-order valence-corrected chi connectivity index (χ2v) is 5.50. The van der Waals surface area contributed by atoms with Crippen LogP contribution in [0.1, 0.15) is 24.0 Å². The Morgan fingerprint density at radius 1 is 1.35 bits per heavy atom. The van der Waals surface area contributed by atoms with Gasteiger partial charge in [0.15, 0.2) is 0 Å². The average Bonchev–Trinajstić information content (AvgIpc) is 2.40. The first-order chi connectivity index (χ1) is 9.52. The molecule has 2 rings (SSSR count). The molecule has 0 aliphatic heterocycles. The summed E-state index contributed by atoms with van der Waals surface area (Å²) in [5.41, 5.74) is 1.22. The van der Waals surface area contributed by atoms with Crippen LogP contribution in [0.15, 0.2) is 22.7 Å². The largest absolute Gasteiger partial charge is 0.369 e. The molecule has 1 heterocycles. The summed E-state index contributed by atoms with van der Waals surface area (Å²) in [7, 11) is 0. The minimum absolute atomic E-state index is 0.262. The molecule has 1 aromatic heterocycles. The Morgan fingerprint density at radius 3 is 2.75 bits per heavy atom. The second-order valence-electron chi connectivity index (χ2n) is 4.30. The summed E-state index contributed by atoms with van der Waals surface area (Å²) >= 11 is 9.47. The van der Waals surface area contributed by atoms with Crippen molar-refractivity contribution < 1.29 is 4.39 Å². The standard InChI is InChI=1S/C14H14BrClFN3/c1-3-18-14-13(15)8(2)19-12(20-14)7-9-10(16)5-4-6-11(9)17/h4-6H,3,7H2,1-2H3,(H,18,19,20). The van der Waals surface area contributed by atoms with Gasteiger partial charge in [-0.2, -0.15) is 0 Å². The molecule has 0 spiro atoms. The molecule has 20 heavy (non-hydrogen) atoms. The Kier molecular flexibility index (Phi) is 4.94. The Bertz CT molecular complexity index is 614. The molecule has 1 N–H and O–H groups in total. The summed E-state index contributed by atoms with van der Waals surface area (Å²) in [5.74, 6) is 0.905. The van der Waals surface area contributed by atoms with Gasteiger partial charge in [0.25, 0.3) is 0 Å². The van der Waals surface area contributed by atoms with Gasteiger partial charge in [-0.1, -0.05) is 17.7 Å². The zero-order valence-electron chi connectivity index (χ0n) is 11.2. The molecule has 0 bridgehead atoms. The fourth-order valence-electron chi connectivity index (χ4n) is 1.84. The third-order valence-corrected chi connectivity index (χ3v) is 4.11. The summed E-state index contributed by atoms with van der Waals surface area (Å²) < 4.78 is 14.6. The van der Waals surface area contributed by atoms with E-state index < -0.39 is 0 Å². The maximum absolute atomic E-state index is 13.8. The molecule has 0 unspecified atom stereocenters. The van der Waals surface area contributed by atoms with E-state index in [9.17, 15) is 4.39 Å². The van der Waals surface area contributed by atoms with Gasteiger partial charge in [0.2, 0.25) is 0 Å². The molecule has 1 aromatic carbocycles. The predicted molar refractivity (Wildman–Crippen MR) is 82.8 cm³/mol. The van der Waals surface area contributed by atoms with E-state index in [1.165, 1.54) is 6.07 Å². The van der Waals surface area contributed by atoms with Crippen molar-refractivity contribution in [2.45, 2.75) is 20.3 Å². The molecular weight excluding hydrogens is 345 g/mol. The van der Waals surface area contributed by atoms with Gasteiger partial charge in [0.05, 0.1) is 10.2 Å². The average molecular weight is 359 g/mol. The quantitative estimate of drug-likeness (QED) is 0.882. The summed E-state index contributed by atoms with van der Waals surface area (Å²) in [5, 5.41) is 3.54. The molecule has 0 saturated heterocycles. The number of nitrogens with zero attached hydrogens (tertiary/aromatic N) is 2. The molecule has 6 heteroatoms. The van der Waals surface area contributed by atoms with Crippen LogP contribution >= 0.6 is 27.5 Å². The molecular formula is C14H14BrClFN3. The molecule has 0 amide bonds. The lowest BCUT2D eigenvalue weighted by Crippen LogP contribution is -2.07. The molecule has 106 valence electrons. The Labute approximate surface area is 130 Å². The van der Waals surface area contributed by atoms with E-state index in [0.29, 0.717) is 22.2 Å². The highest BCUT2D eigenvalue weighted by Gasteiger charge is 2.13. The number of rotatable bonds is 4. The number of nitrogens with one attached hydrogen (secondary N) is 1. The first-order valence-corrected chi connectivity index (χ1v) is 7.39. The van der Waals surface area contributed by atoms with Crippen molar-refractivity contribution in [2.75, 3.05) is 11.9 Å². The SMILES string of the molecule is CCNc1nc(Cc2c(F)cccc2Cl)nc(C)c1Br. The smallest absolute Gasteiger partial charge is 0.144 e. The maximum atomic E-state index is 13.8. The number of benzene rings is 1. The molecule has 0 atom stereocenters. The summed E-state index contributed by atoms with van der Waals surface area (Å²) in [6, 6.07) is 4.63. The number of hydrogen-bond donors (Lipinski definition) is 1. The third kappa shape index (κ3) is 3.27. The topological polar surface area (TPSA) is 37.8 Å². The van der Waals surface area contributed by atoms with Crippen molar-refractivity contribution in [1.29, 1.82) is 0 Å². The zero-order valence-corrected chi connectivity index (χ0v) is 13.5. The highest BCUT2D eigenvalue weighted by molar-refractivity contribution is 9.10. The summed E-state index contributed by atoms with van der Waals surface area (Å²) in [4.78, 5) is 8.78. The maximum Gasteiger partial charge on any atom is 0.144 e. The van der Waals surface area contributed by atoms with Crippen molar-refractivity contribution in [3.8, 4) is 0 Å². The lowest BCUT2D eigenvalue weighted by atomic mass is 10.1. The lowest BCUT2D eigenvalue weighted by molar-refractivity contribution is 0.612. The van der Waals surface area contributed by atoms with Gasteiger partial charge in [-0.25, -0.2) is 14.4 Å². The van der Waals surface area contributed by atoms with Crippen LogP contribution in [0.5, 0.6) is 0 Å². The van der Waals surface area contributed by atoms with E-state index in [1.54, 1.807) is 12.1 Å². The van der Waals surface area contributed by atoms with Crippen LogP contribution in [0.4, 0.5) is 10.2 Å². The number of anilines is 1. The second kappa shape index (κ2) is 6.50. The minimum atomic E-state index is -0.341. The van der Waals surface area contributed by atoms with Gasteiger partial charge in [-0.15, -0.1) is 0 Å². The van der Waals surface area contributed by atoms with E-state index in [2.05, 4.69) is 31.2 Å². The molecule has 0 saturated carbocycles. The van der Waals surface area contributed by atoms with Crippen molar-refractivity contribution in [1.82, 2.24) is 9.97 Å². The van der Waals surface area contributed by atoms with Crippen molar-refractivity contribution in [2.24, 2.45) is 0 Å². The lowest BCUT2D eigenvalue weighted by Gasteiger charge is -2.11. The molecule has 0 aliphatic rings. The third-order valence-electron chi connectivity index (χ3n) is 2.80. The van der Waals surface area contributed by atoms with Crippen LogP contribution in [0, 0.1) is 12.7 Å². The van der Waals surface area contributed by atoms with E-state index in [-0.39, 0.29) is 12.2 Å². The van der Waals surface area contributed by atoms with Crippen molar-refractivity contribution in [3.63, 3.8) is 0 Å². The first-order valence-electron chi connectivity index (χ1n) is 6.22. The molecule has 0 radical (unpaired) electrons. The van der Waals surface area contributed by atoms with Crippen LogP contribution < -0.4 is 5.32 Å². The number of aromatic nitrogens is 2. The molecule has 2 aromatic rings. The van der Waals surface area contributed by atoms with E-state index in [4.69, 9.17) is 11.6 Å². The van der Waals surface area contributed by atoms with Crippen LogP contribution in [-0.4, -0.2) is 16.5 Å². The van der Waals surface area contributed by atoms with Gasteiger partial charge >= 0.3 is 0 Å². The fourth-order valence-corrected chi connectivity index (χ4v) is 2.39. The highest BCUT2D eigenvalue weighted by Crippen LogP contribution is 2.26. The monoisotopic (exact) mass is 357 g/mol. The van der Waals surface area contributed by atoms with E-state index in [1.807, 2.05) is 13.8 Å². The summed E-state index contributed by atoms with van der Waals surface area (Å²) in [6.45, 7) is 4.60. The normalized spacial score (nSPS) is 10.7. The van der Waals surface area contributed by atoms with E-state index in [0.717, 1.165) is 16.7 Å². The number of halogens is 3. The van der Waals surface area contributed by atoms with Gasteiger partial charge in [0.1, 0.15) is 17.5 Å². The molecule has 0 fully saturated rings. The minimum Gasteiger partial charge on any atom is -0.369 e. The van der Waals surface area contributed by atoms with Crippen LogP contribution in [0.25, 0.3) is 0 Å². The first kappa shape index (κ1) is 15.2. The van der Waals surface area contributed by atoms with Gasteiger partial charge in [0, 0.05) is 23.6 Å². The fraction of sp³-hybridized carbons (Fsp3) is 0.286. The van der Waals surface area contributed by atoms with E-state index >= 15 is 0 Å².